The maximum atomic E-state index is 7.13. The third-order valence-electron chi connectivity index (χ3n) is 8.17. The first-order valence-electron chi connectivity index (χ1n) is 8.65. The Bertz CT molecular complexity index is 497. The molecule has 4 aliphatic rings. The predicted molar refractivity (Wildman–Crippen MR) is 82.7 cm³/mol. The van der Waals surface area contributed by atoms with Crippen molar-refractivity contribution in [1.82, 2.24) is 0 Å². The van der Waals surface area contributed by atoms with Gasteiger partial charge >= 0.3 is 0 Å². The summed E-state index contributed by atoms with van der Waals surface area (Å²) in [6.45, 7) is 13.6. The highest BCUT2D eigenvalue weighted by atomic mass is 16.8. The lowest BCUT2D eigenvalue weighted by molar-refractivity contribution is -0.177. The molecule has 0 amide bonds. The zero-order chi connectivity index (χ0) is 15.5. The Hall–Kier alpha value is -0.120. The number of ether oxygens (including phenoxy) is 2. The first kappa shape index (κ1) is 14.5. The Morgan fingerprint density at radius 2 is 1.71 bits per heavy atom. The molecule has 3 saturated carbocycles. The van der Waals surface area contributed by atoms with Crippen molar-refractivity contribution >= 4 is 0 Å². The van der Waals surface area contributed by atoms with Gasteiger partial charge in [-0.1, -0.05) is 20.8 Å². The average Bonchev–Trinajstić information content (AvgIpc) is 2.79. The highest BCUT2D eigenvalue weighted by Crippen LogP contribution is 2.76. The van der Waals surface area contributed by atoms with Gasteiger partial charge in [-0.3, -0.25) is 0 Å². The molecular formula is C18H31NO2. The van der Waals surface area contributed by atoms with Crippen molar-refractivity contribution in [1.29, 1.82) is 0 Å². The fourth-order valence-electron chi connectivity index (χ4n) is 7.02. The number of hydrogen-bond donors (Lipinski definition) is 1. The molecule has 0 radical (unpaired) electrons. The SMILES string of the molecule is C[C@H]1CC[C@@]2(N)C(C)(C)C3C[C@@]12C[C@@H]1OC(C)(C)O[C@]31C. The Morgan fingerprint density at radius 1 is 1.05 bits per heavy atom. The zero-order valence-corrected chi connectivity index (χ0v) is 14.5. The van der Waals surface area contributed by atoms with Crippen LogP contribution in [-0.4, -0.2) is 23.0 Å². The quantitative estimate of drug-likeness (QED) is 0.744. The zero-order valence-electron chi connectivity index (χ0n) is 14.5. The summed E-state index contributed by atoms with van der Waals surface area (Å²) in [4.78, 5) is 0. The minimum Gasteiger partial charge on any atom is -0.344 e. The Labute approximate surface area is 128 Å². The van der Waals surface area contributed by atoms with Crippen molar-refractivity contribution in [2.45, 2.75) is 90.3 Å². The molecule has 4 fully saturated rings. The lowest BCUT2D eigenvalue weighted by Gasteiger charge is -2.47. The highest BCUT2D eigenvalue weighted by molar-refractivity contribution is 5.30. The number of nitrogens with two attached hydrogens (primary N) is 1. The van der Waals surface area contributed by atoms with Crippen LogP contribution in [0, 0.1) is 22.7 Å². The van der Waals surface area contributed by atoms with Gasteiger partial charge in [0.15, 0.2) is 5.79 Å². The monoisotopic (exact) mass is 293 g/mol. The summed E-state index contributed by atoms with van der Waals surface area (Å²) in [6.07, 6.45) is 4.90. The molecule has 2 bridgehead atoms. The third kappa shape index (κ3) is 1.34. The van der Waals surface area contributed by atoms with Gasteiger partial charge in [-0.15, -0.1) is 0 Å². The second-order valence-corrected chi connectivity index (χ2v) is 9.54. The maximum absolute atomic E-state index is 7.13. The van der Waals surface area contributed by atoms with Gasteiger partial charge in [-0.05, 0) is 69.1 Å². The fraction of sp³-hybridized carbons (Fsp3) is 1.00. The molecule has 0 aromatic rings. The number of rotatable bonds is 0. The van der Waals surface area contributed by atoms with Crippen molar-refractivity contribution in [2.75, 3.05) is 0 Å². The van der Waals surface area contributed by atoms with E-state index in [1.165, 1.54) is 12.8 Å². The normalized spacial score (nSPS) is 59.9. The van der Waals surface area contributed by atoms with E-state index in [0.29, 0.717) is 11.8 Å². The van der Waals surface area contributed by atoms with Crippen molar-refractivity contribution in [3.05, 3.63) is 0 Å². The molecule has 2 N–H and O–H groups in total. The first-order valence-corrected chi connectivity index (χ1v) is 8.65. The molecule has 0 aromatic carbocycles. The van der Waals surface area contributed by atoms with E-state index in [0.717, 1.165) is 12.8 Å². The van der Waals surface area contributed by atoms with Crippen LogP contribution in [-0.2, 0) is 9.47 Å². The van der Waals surface area contributed by atoms with Crippen LogP contribution in [0.3, 0.4) is 0 Å². The van der Waals surface area contributed by atoms with Gasteiger partial charge in [0.05, 0.1) is 11.7 Å². The van der Waals surface area contributed by atoms with E-state index in [-0.39, 0.29) is 28.1 Å². The molecule has 1 aliphatic heterocycles. The van der Waals surface area contributed by atoms with Crippen molar-refractivity contribution in [2.24, 2.45) is 28.4 Å². The van der Waals surface area contributed by atoms with Crippen LogP contribution in [0.2, 0.25) is 0 Å². The summed E-state index contributed by atoms with van der Waals surface area (Å²) in [5, 5.41) is 0. The van der Waals surface area contributed by atoms with E-state index in [1.54, 1.807) is 0 Å². The van der Waals surface area contributed by atoms with E-state index in [4.69, 9.17) is 15.2 Å². The van der Waals surface area contributed by atoms with E-state index < -0.39 is 5.79 Å². The molecule has 1 unspecified atom stereocenters. The molecule has 3 aliphatic carbocycles. The lowest BCUT2D eigenvalue weighted by atomic mass is 9.61. The molecule has 0 aromatic heterocycles. The van der Waals surface area contributed by atoms with Crippen LogP contribution >= 0.6 is 0 Å². The minimum atomic E-state index is -0.463. The van der Waals surface area contributed by atoms with E-state index in [2.05, 4.69) is 41.5 Å². The van der Waals surface area contributed by atoms with Gasteiger partial charge < -0.3 is 15.2 Å². The molecule has 1 spiro atoms. The summed E-state index contributed by atoms with van der Waals surface area (Å²) in [5.41, 5.74) is 7.23. The molecule has 3 heteroatoms. The van der Waals surface area contributed by atoms with E-state index >= 15 is 0 Å². The minimum absolute atomic E-state index is 0.0612. The summed E-state index contributed by atoms with van der Waals surface area (Å²) >= 11 is 0. The lowest BCUT2D eigenvalue weighted by Crippen LogP contribution is -2.58. The standard InChI is InChI=1S/C18H31NO2/c1-11-7-8-18(19)14(2,3)12-9-17(11,18)10-13-16(12,6)21-15(4,5)20-13/h11-13H,7-10,19H2,1-6H3/t11-,12?,13-,16+,17+,18+/m0/s1. The molecule has 1 saturated heterocycles. The van der Waals surface area contributed by atoms with Crippen molar-refractivity contribution in [3.8, 4) is 0 Å². The van der Waals surface area contributed by atoms with Crippen LogP contribution in [0.15, 0.2) is 0 Å². The van der Waals surface area contributed by atoms with E-state index in [1.807, 2.05) is 0 Å². The van der Waals surface area contributed by atoms with Crippen LogP contribution in [0.25, 0.3) is 0 Å². The average molecular weight is 293 g/mol. The highest BCUT2D eigenvalue weighted by Gasteiger charge is 2.78. The summed E-state index contributed by atoms with van der Waals surface area (Å²) in [6, 6.07) is 0. The van der Waals surface area contributed by atoms with Crippen molar-refractivity contribution in [3.63, 3.8) is 0 Å². The number of hydrogen-bond acceptors (Lipinski definition) is 3. The van der Waals surface area contributed by atoms with Crippen LogP contribution < -0.4 is 5.73 Å². The maximum Gasteiger partial charge on any atom is 0.164 e. The second kappa shape index (κ2) is 3.52. The Morgan fingerprint density at radius 3 is 2.38 bits per heavy atom. The summed E-state index contributed by atoms with van der Waals surface area (Å²) in [7, 11) is 0. The van der Waals surface area contributed by atoms with Crippen LogP contribution in [0.1, 0.15) is 67.2 Å². The Kier molecular flexibility index (Phi) is 2.42. The predicted octanol–water partition coefficient (Wildman–Crippen LogP) is 3.46. The summed E-state index contributed by atoms with van der Waals surface area (Å²) < 4.78 is 12.8. The molecule has 120 valence electrons. The van der Waals surface area contributed by atoms with Gasteiger partial charge in [0, 0.05) is 5.54 Å². The first-order chi connectivity index (χ1) is 9.49. The smallest absolute Gasteiger partial charge is 0.164 e. The molecule has 6 atom stereocenters. The van der Waals surface area contributed by atoms with Gasteiger partial charge in [-0.25, -0.2) is 0 Å². The second-order valence-electron chi connectivity index (χ2n) is 9.54. The van der Waals surface area contributed by atoms with Gasteiger partial charge in [0.1, 0.15) is 0 Å². The van der Waals surface area contributed by atoms with Gasteiger partial charge in [-0.2, -0.15) is 0 Å². The van der Waals surface area contributed by atoms with Gasteiger partial charge in [0.25, 0.3) is 0 Å². The molecule has 4 rings (SSSR count). The Balaban J connectivity index is 1.87. The fourth-order valence-corrected chi connectivity index (χ4v) is 7.02. The number of fused-ring (bicyclic) bond motifs is 3. The molecule has 1 heterocycles. The summed E-state index contributed by atoms with van der Waals surface area (Å²) in [5.74, 6) is 0.720. The van der Waals surface area contributed by atoms with Crippen LogP contribution in [0.5, 0.6) is 0 Å². The molecule has 3 nitrogen and oxygen atoms in total. The van der Waals surface area contributed by atoms with Crippen LogP contribution in [0.4, 0.5) is 0 Å². The molecule has 21 heavy (non-hydrogen) atoms. The van der Waals surface area contributed by atoms with E-state index in [9.17, 15) is 0 Å². The third-order valence-corrected chi connectivity index (χ3v) is 8.17. The molecular weight excluding hydrogens is 262 g/mol. The topological polar surface area (TPSA) is 44.5 Å². The largest absolute Gasteiger partial charge is 0.344 e. The van der Waals surface area contributed by atoms with Gasteiger partial charge in [0.2, 0.25) is 0 Å². The van der Waals surface area contributed by atoms with Crippen molar-refractivity contribution < 1.29 is 9.47 Å².